The zero-order valence-electron chi connectivity index (χ0n) is 11.6. The van der Waals surface area contributed by atoms with Crippen LogP contribution < -0.4 is 5.32 Å². The van der Waals surface area contributed by atoms with E-state index in [4.69, 9.17) is 4.74 Å². The Hall–Kier alpha value is -0.120. The van der Waals surface area contributed by atoms with Gasteiger partial charge in [-0.05, 0) is 38.6 Å². The third-order valence-corrected chi connectivity index (χ3v) is 4.10. The molecule has 3 heteroatoms. The van der Waals surface area contributed by atoms with E-state index in [1.807, 2.05) is 0 Å². The van der Waals surface area contributed by atoms with Crippen LogP contribution in [-0.2, 0) is 4.74 Å². The predicted molar refractivity (Wildman–Crippen MR) is 71.3 cm³/mol. The molecule has 3 nitrogen and oxygen atoms in total. The Labute approximate surface area is 106 Å². The Balaban J connectivity index is 1.76. The first-order chi connectivity index (χ1) is 8.15. The van der Waals surface area contributed by atoms with Crippen molar-refractivity contribution in [3.05, 3.63) is 0 Å². The molecule has 0 aliphatic carbocycles. The zero-order chi connectivity index (χ0) is 12.3. The third kappa shape index (κ3) is 3.94. The van der Waals surface area contributed by atoms with Crippen LogP contribution in [0.25, 0.3) is 0 Å². The minimum Gasteiger partial charge on any atom is -0.378 e. The van der Waals surface area contributed by atoms with Gasteiger partial charge >= 0.3 is 0 Å². The number of piperidine rings is 1. The molecular weight excluding hydrogens is 212 g/mol. The number of rotatable bonds is 4. The molecule has 1 N–H and O–H groups in total. The normalized spacial score (nSPS) is 35.6. The van der Waals surface area contributed by atoms with Crippen LogP contribution in [0.3, 0.4) is 0 Å². The molecule has 0 aromatic rings. The largest absolute Gasteiger partial charge is 0.378 e. The second-order valence-electron chi connectivity index (χ2n) is 6.04. The van der Waals surface area contributed by atoms with Gasteiger partial charge in [-0.25, -0.2) is 0 Å². The van der Waals surface area contributed by atoms with Crippen molar-refractivity contribution in [2.75, 3.05) is 26.2 Å². The summed E-state index contributed by atoms with van der Waals surface area (Å²) in [5, 5.41) is 3.67. The van der Waals surface area contributed by atoms with E-state index in [1.165, 1.54) is 38.9 Å². The first kappa shape index (κ1) is 13.3. The monoisotopic (exact) mass is 240 g/mol. The second kappa shape index (κ2) is 6.17. The van der Waals surface area contributed by atoms with E-state index < -0.39 is 0 Å². The molecule has 3 atom stereocenters. The van der Waals surface area contributed by atoms with Crippen molar-refractivity contribution >= 4 is 0 Å². The van der Waals surface area contributed by atoms with E-state index in [0.29, 0.717) is 18.2 Å². The third-order valence-electron chi connectivity index (χ3n) is 4.10. The molecule has 0 aromatic heterocycles. The first-order valence-corrected chi connectivity index (χ1v) is 7.25. The van der Waals surface area contributed by atoms with E-state index in [-0.39, 0.29) is 0 Å². The van der Waals surface area contributed by atoms with E-state index in [1.54, 1.807) is 0 Å². The van der Waals surface area contributed by atoms with E-state index >= 15 is 0 Å². The number of nitrogens with one attached hydrogen (secondary N) is 1. The molecule has 100 valence electrons. The summed E-state index contributed by atoms with van der Waals surface area (Å²) in [7, 11) is 0. The smallest absolute Gasteiger partial charge is 0.0588 e. The van der Waals surface area contributed by atoms with Crippen molar-refractivity contribution in [1.29, 1.82) is 0 Å². The molecule has 2 fully saturated rings. The maximum atomic E-state index is 5.66. The standard InChI is InChI=1S/C14H28N2O/c1-11(2)15-14-5-4-7-16(10-14)9-13-6-8-17-12(13)3/h11-15H,4-10H2,1-3H3. The number of hydrogen-bond donors (Lipinski definition) is 1. The summed E-state index contributed by atoms with van der Waals surface area (Å²) in [6.07, 6.45) is 4.39. The summed E-state index contributed by atoms with van der Waals surface area (Å²) in [6.45, 7) is 11.4. The summed E-state index contributed by atoms with van der Waals surface area (Å²) < 4.78 is 5.66. The van der Waals surface area contributed by atoms with Crippen LogP contribution in [0.5, 0.6) is 0 Å². The lowest BCUT2D eigenvalue weighted by Gasteiger charge is -2.36. The van der Waals surface area contributed by atoms with Crippen LogP contribution in [0.2, 0.25) is 0 Å². The Morgan fingerprint density at radius 3 is 2.82 bits per heavy atom. The highest BCUT2D eigenvalue weighted by atomic mass is 16.5. The Kier molecular flexibility index (Phi) is 4.83. The van der Waals surface area contributed by atoms with Crippen LogP contribution in [-0.4, -0.2) is 49.3 Å². The van der Waals surface area contributed by atoms with Gasteiger partial charge in [-0.2, -0.15) is 0 Å². The fraction of sp³-hybridized carbons (Fsp3) is 1.00. The molecule has 0 radical (unpaired) electrons. The molecule has 0 aromatic carbocycles. The Bertz CT molecular complexity index is 232. The van der Waals surface area contributed by atoms with Crippen molar-refractivity contribution in [3.63, 3.8) is 0 Å². The van der Waals surface area contributed by atoms with E-state index in [0.717, 1.165) is 12.5 Å². The number of ether oxygens (including phenoxy) is 1. The van der Waals surface area contributed by atoms with Crippen molar-refractivity contribution < 1.29 is 4.74 Å². The summed E-state index contributed by atoms with van der Waals surface area (Å²) in [5.74, 6) is 0.757. The molecule has 0 saturated carbocycles. The molecule has 3 unspecified atom stereocenters. The summed E-state index contributed by atoms with van der Waals surface area (Å²) in [5.41, 5.74) is 0. The fourth-order valence-electron chi connectivity index (χ4n) is 3.18. The molecule has 2 saturated heterocycles. The number of hydrogen-bond acceptors (Lipinski definition) is 3. The van der Waals surface area contributed by atoms with E-state index in [2.05, 4.69) is 31.0 Å². The van der Waals surface area contributed by atoms with Gasteiger partial charge in [0.25, 0.3) is 0 Å². The van der Waals surface area contributed by atoms with Gasteiger partial charge in [-0.15, -0.1) is 0 Å². The Morgan fingerprint density at radius 1 is 1.35 bits per heavy atom. The van der Waals surface area contributed by atoms with Crippen LogP contribution >= 0.6 is 0 Å². The van der Waals surface area contributed by atoms with Gasteiger partial charge in [0, 0.05) is 31.8 Å². The minimum absolute atomic E-state index is 0.466. The van der Waals surface area contributed by atoms with Crippen molar-refractivity contribution in [2.45, 2.75) is 58.2 Å². The molecule has 0 bridgehead atoms. The molecule has 2 aliphatic rings. The van der Waals surface area contributed by atoms with Gasteiger partial charge in [0.05, 0.1) is 6.10 Å². The lowest BCUT2D eigenvalue weighted by molar-refractivity contribution is 0.0845. The minimum atomic E-state index is 0.466. The molecule has 2 rings (SSSR count). The zero-order valence-corrected chi connectivity index (χ0v) is 11.6. The molecule has 2 aliphatic heterocycles. The molecule has 0 spiro atoms. The SMILES string of the molecule is CC(C)NC1CCCN(CC2CCOC2C)C1. The Morgan fingerprint density at radius 2 is 2.18 bits per heavy atom. The maximum Gasteiger partial charge on any atom is 0.0588 e. The van der Waals surface area contributed by atoms with Gasteiger partial charge in [0.15, 0.2) is 0 Å². The molecule has 2 heterocycles. The van der Waals surface area contributed by atoms with Gasteiger partial charge < -0.3 is 15.0 Å². The molecular formula is C14H28N2O. The van der Waals surface area contributed by atoms with Crippen molar-refractivity contribution in [3.8, 4) is 0 Å². The van der Waals surface area contributed by atoms with Gasteiger partial charge in [-0.1, -0.05) is 13.8 Å². The summed E-state index contributed by atoms with van der Waals surface area (Å²) >= 11 is 0. The van der Waals surface area contributed by atoms with Gasteiger partial charge in [-0.3, -0.25) is 0 Å². The lowest BCUT2D eigenvalue weighted by atomic mass is 9.99. The average molecular weight is 240 g/mol. The fourth-order valence-corrected chi connectivity index (χ4v) is 3.18. The summed E-state index contributed by atoms with van der Waals surface area (Å²) in [4.78, 5) is 2.64. The highest BCUT2D eigenvalue weighted by Crippen LogP contribution is 2.23. The highest BCUT2D eigenvalue weighted by molar-refractivity contribution is 4.83. The second-order valence-corrected chi connectivity index (χ2v) is 6.04. The van der Waals surface area contributed by atoms with Crippen LogP contribution in [0.4, 0.5) is 0 Å². The number of nitrogens with zero attached hydrogens (tertiary/aromatic N) is 1. The van der Waals surface area contributed by atoms with Crippen LogP contribution in [0.1, 0.15) is 40.0 Å². The number of likely N-dealkylation sites (tertiary alicyclic amines) is 1. The maximum absolute atomic E-state index is 5.66. The van der Waals surface area contributed by atoms with Gasteiger partial charge in [0.2, 0.25) is 0 Å². The molecule has 17 heavy (non-hydrogen) atoms. The topological polar surface area (TPSA) is 24.5 Å². The van der Waals surface area contributed by atoms with Crippen molar-refractivity contribution in [1.82, 2.24) is 10.2 Å². The average Bonchev–Trinajstić information content (AvgIpc) is 2.64. The van der Waals surface area contributed by atoms with Crippen molar-refractivity contribution in [2.24, 2.45) is 5.92 Å². The van der Waals surface area contributed by atoms with Gasteiger partial charge in [0.1, 0.15) is 0 Å². The summed E-state index contributed by atoms with van der Waals surface area (Å²) in [6, 6.07) is 1.30. The van der Waals surface area contributed by atoms with E-state index in [9.17, 15) is 0 Å². The first-order valence-electron chi connectivity index (χ1n) is 7.25. The lowest BCUT2D eigenvalue weighted by Crippen LogP contribution is -2.49. The predicted octanol–water partition coefficient (Wildman–Crippen LogP) is 1.87. The van der Waals surface area contributed by atoms with Crippen LogP contribution in [0.15, 0.2) is 0 Å². The van der Waals surface area contributed by atoms with Crippen LogP contribution in [0, 0.1) is 5.92 Å². The highest BCUT2D eigenvalue weighted by Gasteiger charge is 2.28. The molecule has 0 amide bonds. The quantitative estimate of drug-likeness (QED) is 0.812.